The number of fused-ring (bicyclic) bond motifs is 1. The standard InChI is InChI=1S/C24H34N4O4S2/c1-14(2)21(26-12-17(25)13-33)23(30)28-20-11-16-7-5-4-6-15(16)10-18(20)22(29)27-19(24(31)32)8-9-34-3/h4-7,10-11,14,17,19,21,26,33H,8-9,12-13,25H2,1-3H3,(H,27,29)(H,28,30)(H,31,32)/t17-,19+,21+/m1/s1. The van der Waals surface area contributed by atoms with E-state index in [-0.39, 0.29) is 23.4 Å². The highest BCUT2D eigenvalue weighted by atomic mass is 32.2. The number of thiol groups is 1. The number of aliphatic carboxylic acids is 1. The van der Waals surface area contributed by atoms with E-state index >= 15 is 0 Å². The molecule has 186 valence electrons. The number of thioether (sulfide) groups is 1. The highest BCUT2D eigenvalue weighted by Crippen LogP contribution is 2.25. The molecule has 2 aromatic carbocycles. The molecule has 0 saturated carbocycles. The summed E-state index contributed by atoms with van der Waals surface area (Å²) in [6.45, 7) is 4.25. The molecule has 0 aromatic heterocycles. The number of amides is 2. The van der Waals surface area contributed by atoms with Gasteiger partial charge in [-0.25, -0.2) is 4.79 Å². The Balaban J connectivity index is 2.36. The topological polar surface area (TPSA) is 134 Å². The van der Waals surface area contributed by atoms with Crippen molar-refractivity contribution in [3.63, 3.8) is 0 Å². The number of carboxylic acid groups (broad SMARTS) is 1. The number of nitrogens with two attached hydrogens (primary N) is 1. The van der Waals surface area contributed by atoms with Crippen molar-refractivity contribution >= 4 is 58.6 Å². The van der Waals surface area contributed by atoms with Gasteiger partial charge in [0.25, 0.3) is 5.91 Å². The second-order valence-electron chi connectivity index (χ2n) is 8.45. The summed E-state index contributed by atoms with van der Waals surface area (Å²) in [7, 11) is 0. The lowest BCUT2D eigenvalue weighted by molar-refractivity contribution is -0.139. The van der Waals surface area contributed by atoms with Crippen LogP contribution in [0.2, 0.25) is 0 Å². The Morgan fingerprint density at radius 2 is 1.79 bits per heavy atom. The lowest BCUT2D eigenvalue weighted by atomic mass is 10.0. The summed E-state index contributed by atoms with van der Waals surface area (Å²) in [6, 6.07) is 9.10. The van der Waals surface area contributed by atoms with E-state index in [1.54, 1.807) is 12.1 Å². The van der Waals surface area contributed by atoms with Crippen LogP contribution >= 0.6 is 24.4 Å². The molecule has 0 aliphatic carbocycles. The van der Waals surface area contributed by atoms with Gasteiger partial charge in [0.1, 0.15) is 6.04 Å². The molecule has 0 unspecified atom stereocenters. The summed E-state index contributed by atoms with van der Waals surface area (Å²) in [4.78, 5) is 38.0. The van der Waals surface area contributed by atoms with Crippen LogP contribution < -0.4 is 21.7 Å². The van der Waals surface area contributed by atoms with Gasteiger partial charge in [-0.3, -0.25) is 9.59 Å². The highest BCUT2D eigenvalue weighted by Gasteiger charge is 2.26. The number of hydrogen-bond donors (Lipinski definition) is 6. The van der Waals surface area contributed by atoms with Crippen molar-refractivity contribution in [2.24, 2.45) is 11.7 Å². The minimum atomic E-state index is -1.10. The first-order valence-corrected chi connectivity index (χ1v) is 13.2. The van der Waals surface area contributed by atoms with Crippen LogP contribution in [0.25, 0.3) is 10.8 Å². The molecule has 2 rings (SSSR count). The Morgan fingerprint density at radius 3 is 2.35 bits per heavy atom. The van der Waals surface area contributed by atoms with Crippen LogP contribution in [0.4, 0.5) is 5.69 Å². The van der Waals surface area contributed by atoms with Crippen molar-refractivity contribution in [1.82, 2.24) is 10.6 Å². The van der Waals surface area contributed by atoms with Gasteiger partial charge in [-0.1, -0.05) is 38.1 Å². The first-order chi connectivity index (χ1) is 16.2. The summed E-state index contributed by atoms with van der Waals surface area (Å²) in [6.07, 6.45) is 2.17. The molecule has 0 aliphatic heterocycles. The van der Waals surface area contributed by atoms with E-state index in [0.717, 1.165) is 10.8 Å². The molecule has 2 aromatic rings. The molecule has 2 amide bonds. The first-order valence-electron chi connectivity index (χ1n) is 11.1. The van der Waals surface area contributed by atoms with Crippen LogP contribution in [0.3, 0.4) is 0 Å². The van der Waals surface area contributed by atoms with Gasteiger partial charge in [0.15, 0.2) is 0 Å². The lowest BCUT2D eigenvalue weighted by Gasteiger charge is -2.24. The van der Waals surface area contributed by atoms with E-state index in [4.69, 9.17) is 5.73 Å². The minimum absolute atomic E-state index is 0.0345. The third kappa shape index (κ3) is 7.90. The van der Waals surface area contributed by atoms with Crippen LogP contribution in [0, 0.1) is 5.92 Å². The van der Waals surface area contributed by atoms with Crippen LogP contribution in [-0.2, 0) is 9.59 Å². The summed E-state index contributed by atoms with van der Waals surface area (Å²) in [5, 5.41) is 19.8. The van der Waals surface area contributed by atoms with Crippen molar-refractivity contribution in [3.05, 3.63) is 42.0 Å². The van der Waals surface area contributed by atoms with E-state index in [0.29, 0.717) is 30.2 Å². The first kappa shape index (κ1) is 28.0. The summed E-state index contributed by atoms with van der Waals surface area (Å²) < 4.78 is 0. The zero-order chi connectivity index (χ0) is 25.3. The molecule has 0 fully saturated rings. The molecule has 0 spiro atoms. The molecule has 10 heteroatoms. The van der Waals surface area contributed by atoms with Crippen molar-refractivity contribution in [2.75, 3.05) is 29.6 Å². The molecule has 0 heterocycles. The van der Waals surface area contributed by atoms with Crippen LogP contribution in [0.1, 0.15) is 30.6 Å². The number of carbonyl (C=O) groups is 3. The maximum atomic E-state index is 13.2. The molecular formula is C24H34N4O4S2. The summed E-state index contributed by atoms with van der Waals surface area (Å²) >= 11 is 5.69. The highest BCUT2D eigenvalue weighted by molar-refractivity contribution is 7.98. The maximum absolute atomic E-state index is 13.2. The quantitative estimate of drug-likeness (QED) is 0.230. The van der Waals surface area contributed by atoms with Gasteiger partial charge in [-0.05, 0) is 47.3 Å². The minimum Gasteiger partial charge on any atom is -0.480 e. The normalized spacial score (nSPS) is 13.9. The van der Waals surface area contributed by atoms with Gasteiger partial charge in [-0.2, -0.15) is 24.4 Å². The average Bonchev–Trinajstić information content (AvgIpc) is 2.80. The molecule has 0 bridgehead atoms. The number of benzene rings is 2. The van der Waals surface area contributed by atoms with Crippen molar-refractivity contribution < 1.29 is 19.5 Å². The SMILES string of the molecule is CSCC[C@H](NC(=O)c1cc2ccccc2cc1NC(=O)[C@@H](NC[C@@H](N)CS)C(C)C)C(=O)O. The zero-order valence-electron chi connectivity index (χ0n) is 19.7. The largest absolute Gasteiger partial charge is 0.480 e. The summed E-state index contributed by atoms with van der Waals surface area (Å²) in [5.74, 6) is -0.917. The fourth-order valence-corrected chi connectivity index (χ4v) is 4.05. The van der Waals surface area contributed by atoms with E-state index in [2.05, 4.69) is 28.6 Å². The van der Waals surface area contributed by atoms with Crippen molar-refractivity contribution in [3.8, 4) is 0 Å². The van der Waals surface area contributed by atoms with Crippen LogP contribution in [0.5, 0.6) is 0 Å². The second kappa shape index (κ2) is 13.6. The van der Waals surface area contributed by atoms with Crippen LogP contribution in [-0.4, -0.2) is 65.3 Å². The Bertz CT molecular complexity index is 1000. The Morgan fingerprint density at radius 1 is 1.15 bits per heavy atom. The van der Waals surface area contributed by atoms with Crippen molar-refractivity contribution in [2.45, 2.75) is 38.4 Å². The van der Waals surface area contributed by atoms with E-state index in [9.17, 15) is 19.5 Å². The molecular weight excluding hydrogens is 472 g/mol. The van der Waals surface area contributed by atoms with E-state index in [1.165, 1.54) is 11.8 Å². The van der Waals surface area contributed by atoms with Gasteiger partial charge in [0.2, 0.25) is 5.91 Å². The molecule has 34 heavy (non-hydrogen) atoms. The molecule has 8 nitrogen and oxygen atoms in total. The van der Waals surface area contributed by atoms with E-state index < -0.39 is 24.0 Å². The number of carbonyl (C=O) groups excluding carboxylic acids is 2. The van der Waals surface area contributed by atoms with Gasteiger partial charge in [0.05, 0.1) is 17.3 Å². The molecule has 0 aliphatic rings. The van der Waals surface area contributed by atoms with Gasteiger partial charge in [0, 0.05) is 18.3 Å². The monoisotopic (exact) mass is 506 g/mol. The smallest absolute Gasteiger partial charge is 0.326 e. The van der Waals surface area contributed by atoms with Gasteiger partial charge >= 0.3 is 5.97 Å². The second-order valence-corrected chi connectivity index (χ2v) is 9.80. The van der Waals surface area contributed by atoms with Crippen LogP contribution in [0.15, 0.2) is 36.4 Å². The third-order valence-corrected chi connectivity index (χ3v) is 6.50. The number of nitrogens with one attached hydrogen (secondary N) is 3. The maximum Gasteiger partial charge on any atom is 0.326 e. The number of hydrogen-bond acceptors (Lipinski definition) is 7. The predicted molar refractivity (Wildman–Crippen MR) is 143 cm³/mol. The number of anilines is 1. The Kier molecular flexibility index (Phi) is 11.2. The summed E-state index contributed by atoms with van der Waals surface area (Å²) in [5.41, 5.74) is 6.46. The van der Waals surface area contributed by atoms with Gasteiger partial charge in [-0.15, -0.1) is 0 Å². The fraction of sp³-hybridized carbons (Fsp3) is 0.458. The fourth-order valence-electron chi connectivity index (χ4n) is 3.45. The molecule has 6 N–H and O–H groups in total. The zero-order valence-corrected chi connectivity index (χ0v) is 21.4. The Hall–Kier alpha value is -2.27. The van der Waals surface area contributed by atoms with Gasteiger partial charge < -0.3 is 26.8 Å². The van der Waals surface area contributed by atoms with Crippen molar-refractivity contribution in [1.29, 1.82) is 0 Å². The number of carboxylic acids is 1. The molecule has 0 radical (unpaired) electrons. The molecule has 3 atom stereocenters. The predicted octanol–water partition coefficient (Wildman–Crippen LogP) is 2.59. The lowest BCUT2D eigenvalue weighted by Crippen LogP contribution is -2.49. The molecule has 0 saturated heterocycles. The third-order valence-electron chi connectivity index (χ3n) is 5.39. The number of rotatable bonds is 13. The van der Waals surface area contributed by atoms with E-state index in [1.807, 2.05) is 44.4 Å². The Labute approximate surface area is 210 Å². The average molecular weight is 507 g/mol.